The molecule has 50 valence electrons. The lowest BCUT2D eigenvalue weighted by molar-refractivity contribution is -0.122. The van der Waals surface area contributed by atoms with Gasteiger partial charge in [0.05, 0.1) is 0 Å². The lowest BCUT2D eigenvalue weighted by Crippen LogP contribution is -2.39. The van der Waals surface area contributed by atoms with E-state index >= 15 is 0 Å². The molecule has 1 amide bonds. The molecule has 1 N–H and O–H groups in total. The Morgan fingerprint density at radius 3 is 3.11 bits per heavy atom. The number of halogens is 1. The van der Waals surface area contributed by atoms with Gasteiger partial charge in [-0.05, 0) is 18.3 Å². The van der Waals surface area contributed by atoms with Crippen molar-refractivity contribution in [1.29, 1.82) is 0 Å². The third-order valence-electron chi connectivity index (χ3n) is 2.14. The lowest BCUT2D eigenvalue weighted by atomic mass is 10.1. The van der Waals surface area contributed by atoms with Crippen LogP contribution in [0.25, 0.3) is 0 Å². The van der Waals surface area contributed by atoms with Crippen LogP contribution in [0.2, 0.25) is 0 Å². The molecule has 3 unspecified atom stereocenters. The molecule has 1 saturated heterocycles. The SMILES string of the molecule is O=C1NCC2CC2C1Cl. The first-order chi connectivity index (χ1) is 4.29. The summed E-state index contributed by atoms with van der Waals surface area (Å²) in [4.78, 5) is 10.8. The fourth-order valence-electron chi connectivity index (χ4n) is 1.39. The van der Waals surface area contributed by atoms with Gasteiger partial charge in [-0.15, -0.1) is 11.6 Å². The predicted octanol–water partition coefficient (Wildman–Crippen LogP) is 0.360. The quantitative estimate of drug-likeness (QED) is 0.490. The standard InChI is InChI=1S/C6H8ClNO/c7-5-4-1-3(4)2-8-6(5)9/h3-5H,1-2H2,(H,8,9). The Morgan fingerprint density at radius 2 is 2.44 bits per heavy atom. The minimum atomic E-state index is -0.233. The van der Waals surface area contributed by atoms with E-state index < -0.39 is 0 Å². The summed E-state index contributed by atoms with van der Waals surface area (Å²) in [6.45, 7) is 0.854. The first kappa shape index (κ1) is 5.54. The summed E-state index contributed by atoms with van der Waals surface area (Å²) in [5, 5.41) is 2.52. The van der Waals surface area contributed by atoms with Crippen LogP contribution in [0.4, 0.5) is 0 Å². The second-order valence-electron chi connectivity index (χ2n) is 2.81. The van der Waals surface area contributed by atoms with E-state index in [1.807, 2.05) is 0 Å². The molecule has 0 spiro atoms. The van der Waals surface area contributed by atoms with Crippen molar-refractivity contribution in [1.82, 2.24) is 5.32 Å². The Labute approximate surface area is 58.6 Å². The van der Waals surface area contributed by atoms with Crippen molar-refractivity contribution in [2.75, 3.05) is 6.54 Å². The van der Waals surface area contributed by atoms with Crippen LogP contribution in [0.5, 0.6) is 0 Å². The second kappa shape index (κ2) is 1.63. The van der Waals surface area contributed by atoms with E-state index in [1.54, 1.807) is 0 Å². The van der Waals surface area contributed by atoms with Gasteiger partial charge in [0.1, 0.15) is 5.38 Å². The molecular formula is C6H8ClNO. The monoisotopic (exact) mass is 145 g/mol. The van der Waals surface area contributed by atoms with E-state index in [0.29, 0.717) is 11.8 Å². The fourth-order valence-corrected chi connectivity index (χ4v) is 1.77. The number of carbonyl (C=O) groups is 1. The van der Waals surface area contributed by atoms with Crippen LogP contribution in [0.1, 0.15) is 6.42 Å². The van der Waals surface area contributed by atoms with E-state index in [0.717, 1.165) is 13.0 Å². The number of rotatable bonds is 0. The number of piperidine rings is 1. The zero-order chi connectivity index (χ0) is 6.43. The van der Waals surface area contributed by atoms with Gasteiger partial charge in [-0.1, -0.05) is 0 Å². The molecule has 1 saturated carbocycles. The van der Waals surface area contributed by atoms with Crippen molar-refractivity contribution >= 4 is 17.5 Å². The first-order valence-electron chi connectivity index (χ1n) is 3.21. The summed E-state index contributed by atoms with van der Waals surface area (Å²) in [5.74, 6) is 1.22. The molecule has 1 aliphatic heterocycles. The van der Waals surface area contributed by atoms with Crippen LogP contribution in [0, 0.1) is 11.8 Å². The van der Waals surface area contributed by atoms with Crippen molar-refractivity contribution in [3.63, 3.8) is 0 Å². The summed E-state index contributed by atoms with van der Waals surface area (Å²) in [6, 6.07) is 0. The highest BCUT2D eigenvalue weighted by Crippen LogP contribution is 2.45. The number of carbonyl (C=O) groups excluding carboxylic acids is 1. The van der Waals surface area contributed by atoms with Gasteiger partial charge in [0.2, 0.25) is 5.91 Å². The third kappa shape index (κ3) is 0.732. The highest BCUT2D eigenvalue weighted by Gasteiger charge is 2.48. The van der Waals surface area contributed by atoms with Crippen molar-refractivity contribution < 1.29 is 4.79 Å². The van der Waals surface area contributed by atoms with Crippen LogP contribution in [0.15, 0.2) is 0 Å². The topological polar surface area (TPSA) is 29.1 Å². The van der Waals surface area contributed by atoms with E-state index in [1.165, 1.54) is 0 Å². The summed E-state index contributed by atoms with van der Waals surface area (Å²) >= 11 is 5.75. The molecule has 0 bridgehead atoms. The van der Waals surface area contributed by atoms with Crippen molar-refractivity contribution in [2.45, 2.75) is 11.8 Å². The molecule has 0 radical (unpaired) electrons. The number of alkyl halides is 1. The van der Waals surface area contributed by atoms with Crippen molar-refractivity contribution in [3.8, 4) is 0 Å². The summed E-state index contributed by atoms with van der Waals surface area (Å²) in [6.07, 6.45) is 1.15. The van der Waals surface area contributed by atoms with E-state index in [-0.39, 0.29) is 11.3 Å². The Balaban J connectivity index is 2.10. The van der Waals surface area contributed by atoms with Gasteiger partial charge in [0.25, 0.3) is 0 Å². The van der Waals surface area contributed by atoms with Crippen LogP contribution in [-0.2, 0) is 4.79 Å². The fraction of sp³-hybridized carbons (Fsp3) is 0.833. The van der Waals surface area contributed by atoms with Crippen LogP contribution >= 0.6 is 11.6 Å². The molecule has 2 fully saturated rings. The maximum atomic E-state index is 10.8. The molecule has 2 rings (SSSR count). The number of amides is 1. The molecule has 9 heavy (non-hydrogen) atoms. The van der Waals surface area contributed by atoms with Crippen LogP contribution < -0.4 is 5.32 Å². The molecule has 3 atom stereocenters. The number of hydrogen-bond acceptors (Lipinski definition) is 1. The maximum absolute atomic E-state index is 10.8. The average molecular weight is 146 g/mol. The zero-order valence-corrected chi connectivity index (χ0v) is 5.69. The van der Waals surface area contributed by atoms with Gasteiger partial charge in [-0.2, -0.15) is 0 Å². The van der Waals surface area contributed by atoms with Gasteiger partial charge in [0, 0.05) is 6.54 Å². The lowest BCUT2D eigenvalue weighted by Gasteiger charge is -2.14. The van der Waals surface area contributed by atoms with E-state index in [2.05, 4.69) is 5.32 Å². The van der Waals surface area contributed by atoms with Gasteiger partial charge in [-0.25, -0.2) is 0 Å². The number of nitrogens with one attached hydrogen (secondary N) is 1. The maximum Gasteiger partial charge on any atom is 0.238 e. The Morgan fingerprint density at radius 1 is 1.67 bits per heavy atom. The number of fused-ring (bicyclic) bond motifs is 1. The van der Waals surface area contributed by atoms with Crippen LogP contribution in [0.3, 0.4) is 0 Å². The average Bonchev–Trinajstić information content (AvgIpc) is 2.58. The van der Waals surface area contributed by atoms with E-state index in [4.69, 9.17) is 11.6 Å². The highest BCUT2D eigenvalue weighted by molar-refractivity contribution is 6.31. The molecule has 0 aromatic carbocycles. The van der Waals surface area contributed by atoms with Gasteiger partial charge in [0.15, 0.2) is 0 Å². The largest absolute Gasteiger partial charge is 0.355 e. The summed E-state index contributed by atoms with van der Waals surface area (Å²) in [5.41, 5.74) is 0. The molecule has 1 heterocycles. The van der Waals surface area contributed by atoms with Gasteiger partial charge in [-0.3, -0.25) is 4.79 Å². The van der Waals surface area contributed by atoms with Crippen molar-refractivity contribution in [3.05, 3.63) is 0 Å². The Bertz CT molecular complexity index is 159. The molecule has 0 aromatic heterocycles. The normalized spacial score (nSPS) is 47.7. The smallest absolute Gasteiger partial charge is 0.238 e. The molecule has 3 heteroatoms. The zero-order valence-electron chi connectivity index (χ0n) is 4.93. The second-order valence-corrected chi connectivity index (χ2v) is 3.28. The van der Waals surface area contributed by atoms with Gasteiger partial charge < -0.3 is 5.32 Å². The predicted molar refractivity (Wildman–Crippen MR) is 34.2 cm³/mol. The first-order valence-corrected chi connectivity index (χ1v) is 3.64. The Hall–Kier alpha value is -0.240. The number of hydrogen-bond donors (Lipinski definition) is 1. The van der Waals surface area contributed by atoms with Gasteiger partial charge >= 0.3 is 0 Å². The van der Waals surface area contributed by atoms with Crippen LogP contribution in [-0.4, -0.2) is 17.8 Å². The molecular weight excluding hydrogens is 138 g/mol. The molecule has 0 aromatic rings. The third-order valence-corrected chi connectivity index (χ3v) is 2.66. The summed E-state index contributed by atoms with van der Waals surface area (Å²) < 4.78 is 0. The summed E-state index contributed by atoms with van der Waals surface area (Å²) in [7, 11) is 0. The minimum absolute atomic E-state index is 0.0235. The molecule has 2 nitrogen and oxygen atoms in total. The molecule has 2 aliphatic rings. The molecule has 1 aliphatic carbocycles. The Kier molecular flexibility index (Phi) is 1.00. The minimum Gasteiger partial charge on any atom is -0.355 e. The highest BCUT2D eigenvalue weighted by atomic mass is 35.5. The van der Waals surface area contributed by atoms with Crippen molar-refractivity contribution in [2.24, 2.45) is 11.8 Å². The van der Waals surface area contributed by atoms with E-state index in [9.17, 15) is 4.79 Å².